The van der Waals surface area contributed by atoms with Crippen molar-refractivity contribution in [2.45, 2.75) is 58.2 Å². The predicted octanol–water partition coefficient (Wildman–Crippen LogP) is 6.25. The van der Waals surface area contributed by atoms with Crippen LogP contribution in [-0.4, -0.2) is 83.1 Å². The van der Waals surface area contributed by atoms with E-state index in [4.69, 9.17) is 24.4 Å². The lowest BCUT2D eigenvalue weighted by molar-refractivity contribution is -0.185. The van der Waals surface area contributed by atoms with Gasteiger partial charge < -0.3 is 23.8 Å². The van der Waals surface area contributed by atoms with Crippen LogP contribution in [-0.2, 0) is 17.7 Å². The van der Waals surface area contributed by atoms with Gasteiger partial charge in [0.05, 0.1) is 32.0 Å². The van der Waals surface area contributed by atoms with Crippen LogP contribution in [0.2, 0.25) is 0 Å². The monoisotopic (exact) mass is 622 g/mol. The number of aryl methyl sites for hydroxylation is 1. The van der Waals surface area contributed by atoms with E-state index >= 15 is 0 Å². The molecule has 240 valence electrons. The van der Waals surface area contributed by atoms with Gasteiger partial charge in [0, 0.05) is 31.7 Å². The Labute approximate surface area is 261 Å². The molecule has 0 amide bonds. The molecule has 2 aromatic heterocycles. The van der Waals surface area contributed by atoms with Gasteiger partial charge in [-0.05, 0) is 73.5 Å². The second kappa shape index (κ2) is 12.4. The molecule has 2 aliphatic heterocycles. The number of benzene rings is 2. The summed E-state index contributed by atoms with van der Waals surface area (Å²) in [6, 6.07) is 12.9. The minimum absolute atomic E-state index is 0.0684. The first-order chi connectivity index (χ1) is 21.8. The van der Waals surface area contributed by atoms with Crippen molar-refractivity contribution >= 4 is 27.9 Å². The molecule has 3 aliphatic rings. The molecule has 11 heteroatoms. The van der Waals surface area contributed by atoms with E-state index in [1.807, 2.05) is 6.33 Å². The highest BCUT2D eigenvalue weighted by molar-refractivity contribution is 5.89. The first kappa shape index (κ1) is 30.2. The van der Waals surface area contributed by atoms with Crippen LogP contribution in [0.4, 0.5) is 19.1 Å². The van der Waals surface area contributed by atoms with E-state index < -0.39 is 12.1 Å². The average molecular weight is 623 g/mol. The zero-order chi connectivity index (χ0) is 31.0. The van der Waals surface area contributed by atoms with E-state index in [-0.39, 0.29) is 18.3 Å². The molecule has 4 aromatic rings. The van der Waals surface area contributed by atoms with E-state index in [1.165, 1.54) is 21.9 Å². The Morgan fingerprint density at radius 3 is 2.49 bits per heavy atom. The Hall–Kier alpha value is -3.44. The third kappa shape index (κ3) is 6.47. The molecule has 0 unspecified atom stereocenters. The molecule has 7 rings (SSSR count). The zero-order valence-corrected chi connectivity index (χ0v) is 25.9. The Balaban J connectivity index is 1.16. The third-order valence-electron chi connectivity index (χ3n) is 9.81. The van der Waals surface area contributed by atoms with Crippen molar-refractivity contribution in [1.82, 2.24) is 24.4 Å². The molecule has 0 bridgehead atoms. The van der Waals surface area contributed by atoms with Crippen LogP contribution < -0.4 is 9.64 Å². The fourth-order valence-electron chi connectivity index (χ4n) is 6.96. The average Bonchev–Trinajstić information content (AvgIpc) is 3.77. The van der Waals surface area contributed by atoms with Gasteiger partial charge >= 0.3 is 6.18 Å². The van der Waals surface area contributed by atoms with Gasteiger partial charge in [0.1, 0.15) is 0 Å². The highest BCUT2D eigenvalue weighted by atomic mass is 19.4. The number of fused-ring (bicyclic) bond motifs is 2. The summed E-state index contributed by atoms with van der Waals surface area (Å²) in [6.07, 6.45) is 1.89. The van der Waals surface area contributed by atoms with Gasteiger partial charge in [0.25, 0.3) is 0 Å². The summed E-state index contributed by atoms with van der Waals surface area (Å²) in [4.78, 5) is 19.0. The first-order valence-electron chi connectivity index (χ1n) is 16.3. The number of hydrogen-bond donors (Lipinski definition) is 0. The normalized spacial score (nSPS) is 19.7. The topological polar surface area (TPSA) is 68.5 Å². The number of alkyl halides is 3. The van der Waals surface area contributed by atoms with Crippen LogP contribution >= 0.6 is 0 Å². The third-order valence-corrected chi connectivity index (χ3v) is 9.81. The quantitative estimate of drug-likeness (QED) is 0.219. The molecule has 4 heterocycles. The highest BCUT2D eigenvalue weighted by Gasteiger charge is 2.47. The Kier molecular flexibility index (Phi) is 8.33. The molecule has 1 aliphatic carbocycles. The molecule has 45 heavy (non-hydrogen) atoms. The minimum atomic E-state index is -4.10. The molecular formula is C34H41F3N6O2. The largest absolute Gasteiger partial charge is 0.475 e. The van der Waals surface area contributed by atoms with Crippen LogP contribution in [0.25, 0.3) is 21.9 Å². The maximum Gasteiger partial charge on any atom is 0.391 e. The number of rotatable bonds is 9. The van der Waals surface area contributed by atoms with E-state index in [0.717, 1.165) is 44.4 Å². The number of aromatic nitrogens is 4. The standard InChI is InChI=1S/C34H41F3N6O2/c1-2-24-6-3-7-25-8-4-9-26(28(24)25)20-43-23-38-29-30(43)39-32(42-14-5-18-44-19-17-42)40-31(29)45-22-33(12-13-33)21-41-15-10-27(11-16-41)34(35,36)37/h3-4,6-9,23,27H,2,5,10-22H2,1H3. The lowest BCUT2D eigenvalue weighted by Gasteiger charge is -2.35. The smallest absolute Gasteiger partial charge is 0.391 e. The van der Waals surface area contributed by atoms with Crippen molar-refractivity contribution in [2.75, 3.05) is 57.4 Å². The molecular weight excluding hydrogens is 581 g/mol. The minimum Gasteiger partial charge on any atom is -0.475 e. The Bertz CT molecular complexity index is 1630. The molecule has 2 saturated heterocycles. The number of anilines is 1. The fraction of sp³-hybridized carbons (Fsp3) is 0.559. The molecule has 2 aromatic carbocycles. The predicted molar refractivity (Wildman–Crippen MR) is 168 cm³/mol. The van der Waals surface area contributed by atoms with E-state index in [9.17, 15) is 13.2 Å². The van der Waals surface area contributed by atoms with Crippen LogP contribution in [0.3, 0.4) is 0 Å². The van der Waals surface area contributed by atoms with Gasteiger partial charge in [0.15, 0.2) is 11.2 Å². The van der Waals surface area contributed by atoms with E-state index in [1.54, 1.807) is 0 Å². The summed E-state index contributed by atoms with van der Waals surface area (Å²) in [7, 11) is 0. The molecule has 0 atom stereocenters. The summed E-state index contributed by atoms with van der Waals surface area (Å²) in [5, 5.41) is 2.49. The number of ether oxygens (including phenoxy) is 2. The summed E-state index contributed by atoms with van der Waals surface area (Å²) in [5.74, 6) is -0.112. The number of piperidine rings is 1. The number of hydrogen-bond acceptors (Lipinski definition) is 7. The molecule has 0 N–H and O–H groups in total. The van der Waals surface area contributed by atoms with Crippen molar-refractivity contribution in [3.8, 4) is 5.88 Å². The number of halogens is 3. The fourth-order valence-corrected chi connectivity index (χ4v) is 6.96. The lowest BCUT2D eigenvalue weighted by atomic mass is 9.95. The van der Waals surface area contributed by atoms with Crippen molar-refractivity contribution < 1.29 is 22.6 Å². The maximum absolute atomic E-state index is 13.2. The van der Waals surface area contributed by atoms with Crippen molar-refractivity contribution in [3.05, 3.63) is 53.9 Å². The molecule has 1 saturated carbocycles. The van der Waals surface area contributed by atoms with Gasteiger partial charge in [0.2, 0.25) is 11.8 Å². The van der Waals surface area contributed by atoms with Crippen molar-refractivity contribution in [3.63, 3.8) is 0 Å². The lowest BCUT2D eigenvalue weighted by Crippen LogP contribution is -2.42. The molecule has 0 spiro atoms. The Morgan fingerprint density at radius 1 is 0.978 bits per heavy atom. The number of likely N-dealkylation sites (tertiary alicyclic amines) is 1. The maximum atomic E-state index is 13.2. The van der Waals surface area contributed by atoms with E-state index in [0.29, 0.717) is 63.3 Å². The van der Waals surface area contributed by atoms with Crippen molar-refractivity contribution in [1.29, 1.82) is 0 Å². The van der Waals surface area contributed by atoms with Crippen LogP contribution in [0.1, 0.15) is 50.2 Å². The van der Waals surface area contributed by atoms with E-state index in [2.05, 4.69) is 57.7 Å². The zero-order valence-electron chi connectivity index (χ0n) is 25.9. The van der Waals surface area contributed by atoms with Crippen LogP contribution in [0.15, 0.2) is 42.7 Å². The number of nitrogens with zero attached hydrogens (tertiary/aromatic N) is 6. The molecule has 0 radical (unpaired) electrons. The second-order valence-electron chi connectivity index (χ2n) is 13.0. The van der Waals surface area contributed by atoms with Crippen LogP contribution in [0, 0.1) is 11.3 Å². The van der Waals surface area contributed by atoms with Crippen molar-refractivity contribution in [2.24, 2.45) is 11.3 Å². The van der Waals surface area contributed by atoms with Crippen LogP contribution in [0.5, 0.6) is 5.88 Å². The summed E-state index contributed by atoms with van der Waals surface area (Å²) < 4.78 is 53.9. The second-order valence-corrected chi connectivity index (χ2v) is 13.0. The molecule has 8 nitrogen and oxygen atoms in total. The summed E-state index contributed by atoms with van der Waals surface area (Å²) >= 11 is 0. The van der Waals surface area contributed by atoms with Gasteiger partial charge in [-0.2, -0.15) is 23.1 Å². The SMILES string of the molecule is CCc1cccc2cccc(Cn3cnc4c(OCC5(CN6CCC(C(F)(F)F)CC6)CC5)nc(N5CCCOCC5)nc43)c12. The van der Waals surface area contributed by atoms with Gasteiger partial charge in [-0.3, -0.25) is 0 Å². The van der Waals surface area contributed by atoms with Gasteiger partial charge in [-0.25, -0.2) is 4.98 Å². The Morgan fingerprint density at radius 2 is 1.76 bits per heavy atom. The highest BCUT2D eigenvalue weighted by Crippen LogP contribution is 2.47. The van der Waals surface area contributed by atoms with Gasteiger partial charge in [-0.15, -0.1) is 0 Å². The molecule has 3 fully saturated rings. The van der Waals surface area contributed by atoms with Gasteiger partial charge in [-0.1, -0.05) is 43.3 Å². The summed E-state index contributed by atoms with van der Waals surface area (Å²) in [5.41, 5.74) is 3.81. The first-order valence-corrected chi connectivity index (χ1v) is 16.3. The summed E-state index contributed by atoms with van der Waals surface area (Å²) in [6.45, 7) is 7.76. The number of imidazole rings is 1.